The van der Waals surface area contributed by atoms with Crippen molar-refractivity contribution in [1.29, 1.82) is 0 Å². The molecule has 0 aromatic heterocycles. The Balaban J connectivity index is 1.85. The van der Waals surface area contributed by atoms with Crippen LogP contribution in [0.2, 0.25) is 10.0 Å². The van der Waals surface area contributed by atoms with Crippen LogP contribution < -0.4 is 4.74 Å². The largest absolute Gasteiger partial charge is 0.494 e. The molecule has 4 nitrogen and oxygen atoms in total. The van der Waals surface area contributed by atoms with Crippen molar-refractivity contribution in [3.8, 4) is 5.75 Å². The molecule has 140 valence electrons. The van der Waals surface area contributed by atoms with Gasteiger partial charge in [0.2, 0.25) is 0 Å². The van der Waals surface area contributed by atoms with Crippen LogP contribution in [-0.4, -0.2) is 23.2 Å². The zero-order valence-electron chi connectivity index (χ0n) is 13.8. The van der Waals surface area contributed by atoms with E-state index in [-0.39, 0.29) is 17.7 Å². The minimum Gasteiger partial charge on any atom is -0.494 e. The summed E-state index contributed by atoms with van der Waals surface area (Å²) in [6, 6.07) is 8.65. The summed E-state index contributed by atoms with van der Waals surface area (Å²) in [6.45, 7) is 0.134. The van der Waals surface area contributed by atoms with Crippen LogP contribution in [-0.2, 0) is 11.3 Å². The highest BCUT2D eigenvalue weighted by Gasteiger charge is 2.35. The molecule has 3 rings (SSSR count). The zero-order valence-corrected chi connectivity index (χ0v) is 19.3. The molecule has 27 heavy (non-hydrogen) atoms. The number of thioether (sulfide) groups is 1. The van der Waals surface area contributed by atoms with Crippen LogP contribution in [0.15, 0.2) is 44.2 Å². The van der Waals surface area contributed by atoms with Gasteiger partial charge in [0.15, 0.2) is 0 Å². The van der Waals surface area contributed by atoms with Crippen molar-refractivity contribution >= 4 is 84.0 Å². The molecule has 2 amide bonds. The lowest BCUT2D eigenvalue weighted by Gasteiger charge is -2.13. The van der Waals surface area contributed by atoms with Gasteiger partial charge < -0.3 is 4.74 Å². The minimum atomic E-state index is -0.348. The van der Waals surface area contributed by atoms with E-state index in [1.54, 1.807) is 31.4 Å². The highest BCUT2D eigenvalue weighted by Crippen LogP contribution is 2.38. The Labute approximate surface area is 187 Å². The van der Waals surface area contributed by atoms with Gasteiger partial charge in [-0.15, -0.1) is 0 Å². The lowest BCUT2D eigenvalue weighted by Crippen LogP contribution is -2.27. The molecule has 1 aliphatic heterocycles. The van der Waals surface area contributed by atoms with E-state index in [4.69, 9.17) is 27.9 Å². The highest BCUT2D eigenvalue weighted by molar-refractivity contribution is 9.11. The number of hydrogen-bond acceptors (Lipinski definition) is 4. The van der Waals surface area contributed by atoms with Gasteiger partial charge in [-0.25, -0.2) is 0 Å². The normalized spacial score (nSPS) is 15.7. The maximum absolute atomic E-state index is 12.7. The van der Waals surface area contributed by atoms with Gasteiger partial charge in [-0.1, -0.05) is 29.3 Å². The average molecular weight is 552 g/mol. The van der Waals surface area contributed by atoms with E-state index in [1.807, 2.05) is 12.1 Å². The Morgan fingerprint density at radius 3 is 2.37 bits per heavy atom. The molecule has 1 saturated heterocycles. The van der Waals surface area contributed by atoms with Crippen LogP contribution in [0.25, 0.3) is 6.08 Å². The third-order valence-electron chi connectivity index (χ3n) is 3.72. The molecule has 0 bridgehead atoms. The summed E-state index contributed by atoms with van der Waals surface area (Å²) in [6.07, 6.45) is 1.68. The summed E-state index contributed by atoms with van der Waals surface area (Å²) in [5, 5.41) is 0.471. The summed E-state index contributed by atoms with van der Waals surface area (Å²) in [4.78, 5) is 26.5. The number of ether oxygens (including phenoxy) is 1. The first-order chi connectivity index (χ1) is 12.8. The van der Waals surface area contributed by atoms with E-state index >= 15 is 0 Å². The van der Waals surface area contributed by atoms with Crippen LogP contribution in [0.4, 0.5) is 4.79 Å². The number of imide groups is 1. The maximum atomic E-state index is 12.7. The van der Waals surface area contributed by atoms with Gasteiger partial charge in [0.1, 0.15) is 5.75 Å². The first-order valence-corrected chi connectivity index (χ1v) is 10.7. The van der Waals surface area contributed by atoms with E-state index in [2.05, 4.69) is 31.9 Å². The van der Waals surface area contributed by atoms with Gasteiger partial charge >= 0.3 is 0 Å². The second-order valence-electron chi connectivity index (χ2n) is 5.53. The second kappa shape index (κ2) is 8.57. The summed E-state index contributed by atoms with van der Waals surface area (Å²) < 4.78 is 6.74. The third kappa shape index (κ3) is 4.54. The smallest absolute Gasteiger partial charge is 0.293 e. The molecule has 2 aromatic rings. The molecule has 1 fully saturated rings. The molecule has 0 saturated carbocycles. The summed E-state index contributed by atoms with van der Waals surface area (Å²) in [7, 11) is 1.57. The fourth-order valence-electron chi connectivity index (χ4n) is 2.47. The molecule has 9 heteroatoms. The Morgan fingerprint density at radius 1 is 1.11 bits per heavy atom. The fourth-order valence-corrected chi connectivity index (χ4v) is 5.17. The first kappa shape index (κ1) is 20.7. The van der Waals surface area contributed by atoms with Crippen molar-refractivity contribution in [3.63, 3.8) is 0 Å². The highest BCUT2D eigenvalue weighted by atomic mass is 79.9. The van der Waals surface area contributed by atoms with Gasteiger partial charge in [-0.3, -0.25) is 14.5 Å². The third-order valence-corrected chi connectivity index (χ3v) is 6.55. The van der Waals surface area contributed by atoms with Gasteiger partial charge in [-0.05, 0) is 85.1 Å². The van der Waals surface area contributed by atoms with Gasteiger partial charge in [0.25, 0.3) is 11.1 Å². The number of benzene rings is 2. The molecule has 2 aromatic carbocycles. The van der Waals surface area contributed by atoms with E-state index in [0.717, 1.165) is 31.8 Å². The number of hydrogen-bond donors (Lipinski definition) is 0. The lowest BCUT2D eigenvalue weighted by atomic mass is 10.2. The SMILES string of the molecule is COc1c(Br)cc(/C=C2\SC(=O)N(Cc3ccc(Cl)c(Cl)c3)C2=O)cc1Br. The Bertz CT molecular complexity index is 958. The molecule has 1 heterocycles. The van der Waals surface area contributed by atoms with Crippen molar-refractivity contribution in [2.24, 2.45) is 0 Å². The summed E-state index contributed by atoms with van der Waals surface area (Å²) in [5.74, 6) is 0.305. The topological polar surface area (TPSA) is 46.6 Å². The van der Waals surface area contributed by atoms with E-state index in [0.29, 0.717) is 20.7 Å². The Hall–Kier alpha value is -0.990. The molecule has 0 N–H and O–H groups in total. The van der Waals surface area contributed by atoms with Gasteiger partial charge in [0, 0.05) is 0 Å². The summed E-state index contributed by atoms with van der Waals surface area (Å²) >= 11 is 19.7. The molecular weight excluding hydrogens is 541 g/mol. The monoisotopic (exact) mass is 549 g/mol. The number of halogens is 4. The molecule has 0 aliphatic carbocycles. The van der Waals surface area contributed by atoms with Crippen molar-refractivity contribution in [3.05, 3.63) is 65.4 Å². The lowest BCUT2D eigenvalue weighted by molar-refractivity contribution is -0.123. The zero-order chi connectivity index (χ0) is 19.7. The van der Waals surface area contributed by atoms with Crippen LogP contribution in [0.3, 0.4) is 0 Å². The maximum Gasteiger partial charge on any atom is 0.293 e. The Kier molecular flexibility index (Phi) is 6.58. The predicted octanol–water partition coefficient (Wildman–Crippen LogP) is 6.76. The molecule has 0 radical (unpaired) electrons. The predicted molar refractivity (Wildman–Crippen MR) is 116 cm³/mol. The number of nitrogens with zero attached hydrogens (tertiary/aromatic N) is 1. The first-order valence-electron chi connectivity index (χ1n) is 7.52. The van der Waals surface area contributed by atoms with E-state index in [9.17, 15) is 9.59 Å². The number of amides is 2. The van der Waals surface area contributed by atoms with E-state index in [1.165, 1.54) is 4.90 Å². The minimum absolute atomic E-state index is 0.134. The van der Waals surface area contributed by atoms with Crippen LogP contribution >= 0.6 is 66.8 Å². The second-order valence-corrected chi connectivity index (χ2v) is 9.05. The Morgan fingerprint density at radius 2 is 1.78 bits per heavy atom. The van der Waals surface area contributed by atoms with Crippen molar-refractivity contribution in [2.75, 3.05) is 7.11 Å². The van der Waals surface area contributed by atoms with Crippen molar-refractivity contribution < 1.29 is 14.3 Å². The molecule has 0 atom stereocenters. The number of carbonyl (C=O) groups is 2. The summed E-state index contributed by atoms with van der Waals surface area (Å²) in [5.41, 5.74) is 1.48. The average Bonchev–Trinajstić information content (AvgIpc) is 2.85. The molecule has 1 aliphatic rings. The van der Waals surface area contributed by atoms with Crippen LogP contribution in [0, 0.1) is 0 Å². The number of carbonyl (C=O) groups excluding carboxylic acids is 2. The van der Waals surface area contributed by atoms with Gasteiger partial charge in [0.05, 0.1) is 37.6 Å². The quantitative estimate of drug-likeness (QED) is 0.394. The number of methoxy groups -OCH3 is 1. The molecular formula is C18H11Br2Cl2NO3S. The van der Waals surface area contributed by atoms with E-state index < -0.39 is 0 Å². The van der Waals surface area contributed by atoms with Gasteiger partial charge in [-0.2, -0.15) is 0 Å². The fraction of sp³-hybridized carbons (Fsp3) is 0.111. The standard InChI is InChI=1S/C18H11Br2Cl2NO3S/c1-26-16-11(19)4-10(5-12(16)20)7-15-17(24)23(18(25)27-15)8-9-2-3-13(21)14(22)6-9/h2-7H,8H2,1H3/b15-7-. The molecule has 0 unspecified atom stereocenters. The van der Waals surface area contributed by atoms with Crippen LogP contribution in [0.1, 0.15) is 11.1 Å². The number of rotatable bonds is 4. The van der Waals surface area contributed by atoms with Crippen molar-refractivity contribution in [2.45, 2.75) is 6.54 Å². The van der Waals surface area contributed by atoms with Crippen LogP contribution in [0.5, 0.6) is 5.75 Å². The van der Waals surface area contributed by atoms with Crippen molar-refractivity contribution in [1.82, 2.24) is 4.90 Å². The molecule has 0 spiro atoms.